The third-order valence-electron chi connectivity index (χ3n) is 8.08. The van der Waals surface area contributed by atoms with Crippen molar-refractivity contribution in [2.24, 2.45) is 28.6 Å². The van der Waals surface area contributed by atoms with Crippen molar-refractivity contribution in [1.29, 1.82) is 0 Å². The molecule has 0 radical (unpaired) electrons. The van der Waals surface area contributed by atoms with Gasteiger partial charge in [-0.05, 0) is 75.0 Å². The van der Waals surface area contributed by atoms with Gasteiger partial charge in [-0.25, -0.2) is 0 Å². The number of hydrogen-bond acceptors (Lipinski definition) is 1. The van der Waals surface area contributed by atoms with E-state index in [2.05, 4.69) is 20.8 Å². The Morgan fingerprint density at radius 2 is 1.71 bits per heavy atom. The normalized spacial score (nSPS) is 49.7. The number of carbonyl (C=O) groups is 1. The molecule has 4 aliphatic rings. The van der Waals surface area contributed by atoms with E-state index < -0.39 is 0 Å². The van der Waals surface area contributed by atoms with Gasteiger partial charge in [-0.15, -0.1) is 0 Å². The molecule has 3 saturated carbocycles. The Labute approximate surface area is 129 Å². The molecule has 0 unspecified atom stereocenters. The van der Waals surface area contributed by atoms with Gasteiger partial charge in [0.05, 0.1) is 0 Å². The van der Waals surface area contributed by atoms with Crippen LogP contribution in [0.3, 0.4) is 0 Å². The predicted octanol–water partition coefficient (Wildman–Crippen LogP) is 5.30. The highest BCUT2D eigenvalue weighted by molar-refractivity contribution is 5.87. The van der Waals surface area contributed by atoms with Crippen LogP contribution in [-0.4, -0.2) is 5.78 Å². The van der Waals surface area contributed by atoms with Gasteiger partial charge in [0.2, 0.25) is 0 Å². The van der Waals surface area contributed by atoms with Gasteiger partial charge in [0.1, 0.15) is 5.78 Å². The first-order valence-corrected chi connectivity index (χ1v) is 9.19. The van der Waals surface area contributed by atoms with Crippen molar-refractivity contribution in [3.05, 3.63) is 11.1 Å². The van der Waals surface area contributed by atoms with Crippen molar-refractivity contribution in [3.63, 3.8) is 0 Å². The van der Waals surface area contributed by atoms with E-state index in [0.29, 0.717) is 17.1 Å². The Morgan fingerprint density at radius 3 is 2.52 bits per heavy atom. The predicted molar refractivity (Wildman–Crippen MR) is 85.9 cm³/mol. The van der Waals surface area contributed by atoms with E-state index in [9.17, 15) is 4.79 Å². The van der Waals surface area contributed by atoms with Gasteiger partial charge in [0, 0.05) is 11.8 Å². The number of ketones is 1. The quantitative estimate of drug-likeness (QED) is 0.552. The van der Waals surface area contributed by atoms with Crippen molar-refractivity contribution in [3.8, 4) is 0 Å². The lowest BCUT2D eigenvalue weighted by Crippen LogP contribution is -2.50. The van der Waals surface area contributed by atoms with Crippen LogP contribution in [0.15, 0.2) is 11.1 Å². The molecule has 0 aromatic rings. The van der Waals surface area contributed by atoms with Gasteiger partial charge in [-0.1, -0.05) is 31.4 Å². The molecular formula is C20H30O. The molecule has 0 N–H and O–H groups in total. The largest absolute Gasteiger partial charge is 0.299 e. The Morgan fingerprint density at radius 1 is 0.952 bits per heavy atom. The summed E-state index contributed by atoms with van der Waals surface area (Å²) < 4.78 is 0. The average molecular weight is 286 g/mol. The number of allylic oxidation sites excluding steroid dienone is 2. The lowest BCUT2D eigenvalue weighted by molar-refractivity contribution is -0.131. The van der Waals surface area contributed by atoms with Crippen LogP contribution in [0.4, 0.5) is 0 Å². The molecule has 1 heteroatoms. The first-order chi connectivity index (χ1) is 9.97. The molecule has 0 bridgehead atoms. The lowest BCUT2D eigenvalue weighted by Gasteiger charge is -2.57. The summed E-state index contributed by atoms with van der Waals surface area (Å²) in [5, 5.41) is 0. The van der Waals surface area contributed by atoms with Gasteiger partial charge >= 0.3 is 0 Å². The molecule has 3 fully saturated rings. The van der Waals surface area contributed by atoms with E-state index in [0.717, 1.165) is 18.3 Å². The maximum absolute atomic E-state index is 12.4. The van der Waals surface area contributed by atoms with E-state index in [1.54, 1.807) is 5.57 Å². The van der Waals surface area contributed by atoms with Crippen LogP contribution >= 0.6 is 0 Å². The molecule has 21 heavy (non-hydrogen) atoms. The lowest BCUT2D eigenvalue weighted by atomic mass is 9.47. The molecule has 5 atom stereocenters. The first kappa shape index (κ1) is 14.0. The Kier molecular flexibility index (Phi) is 2.98. The van der Waals surface area contributed by atoms with Crippen LogP contribution in [0.25, 0.3) is 0 Å². The Hall–Kier alpha value is -0.590. The monoisotopic (exact) mass is 286 g/mol. The summed E-state index contributed by atoms with van der Waals surface area (Å²) in [6, 6.07) is 0. The molecule has 4 aliphatic carbocycles. The summed E-state index contributed by atoms with van der Waals surface area (Å²) in [6.45, 7) is 7.26. The van der Waals surface area contributed by atoms with Gasteiger partial charge in [0.25, 0.3) is 0 Å². The van der Waals surface area contributed by atoms with Crippen molar-refractivity contribution in [2.45, 2.75) is 78.6 Å². The minimum atomic E-state index is 0.0317. The summed E-state index contributed by atoms with van der Waals surface area (Å²) in [7, 11) is 0. The number of fused-ring (bicyclic) bond motifs is 5. The molecule has 4 rings (SSSR count). The maximum Gasteiger partial charge on any atom is 0.139 e. The van der Waals surface area contributed by atoms with Gasteiger partial charge in [0.15, 0.2) is 0 Å². The zero-order chi connectivity index (χ0) is 14.8. The Bertz CT molecular complexity index is 516. The number of rotatable bonds is 0. The number of Topliss-reactive ketones (excluding diaryl/α,β-unsaturated/α-hetero) is 1. The van der Waals surface area contributed by atoms with Crippen molar-refractivity contribution in [1.82, 2.24) is 0 Å². The fourth-order valence-electron chi connectivity index (χ4n) is 6.95. The second kappa shape index (κ2) is 4.46. The SMILES string of the molecule is CC1=C2CCCC[C@]2(C)[C@@H]2CC[C@]3(C)C(=O)CC[C@H]3[C@@H]2C1. The zero-order valence-corrected chi connectivity index (χ0v) is 14.0. The highest BCUT2D eigenvalue weighted by Crippen LogP contribution is 2.65. The maximum atomic E-state index is 12.4. The van der Waals surface area contributed by atoms with Crippen LogP contribution in [0.5, 0.6) is 0 Å². The van der Waals surface area contributed by atoms with Gasteiger partial charge in [-0.3, -0.25) is 4.79 Å². The first-order valence-electron chi connectivity index (χ1n) is 9.19. The minimum absolute atomic E-state index is 0.0317. The van der Waals surface area contributed by atoms with Crippen LogP contribution < -0.4 is 0 Å². The van der Waals surface area contributed by atoms with Crippen LogP contribution in [0.2, 0.25) is 0 Å². The van der Waals surface area contributed by atoms with E-state index in [1.165, 1.54) is 51.4 Å². The summed E-state index contributed by atoms with van der Waals surface area (Å²) in [6.07, 6.45) is 11.4. The van der Waals surface area contributed by atoms with E-state index in [-0.39, 0.29) is 5.41 Å². The van der Waals surface area contributed by atoms with Crippen molar-refractivity contribution in [2.75, 3.05) is 0 Å². The smallest absolute Gasteiger partial charge is 0.139 e. The standard InChI is InChI=1S/C20H30O/c1-13-12-14-16-7-8-18(21)20(16,3)11-9-17(14)19(2)10-5-4-6-15(13)19/h14,16-17H,4-12H2,1-3H3/t14-,16-,17+,19-,20-/m0/s1. The second-order valence-corrected chi connectivity index (χ2v) is 8.88. The molecule has 0 amide bonds. The minimum Gasteiger partial charge on any atom is -0.299 e. The fourth-order valence-corrected chi connectivity index (χ4v) is 6.95. The molecule has 0 heterocycles. The highest BCUT2D eigenvalue weighted by Gasteiger charge is 2.58. The molecular weight excluding hydrogens is 256 g/mol. The Balaban J connectivity index is 1.75. The van der Waals surface area contributed by atoms with E-state index in [1.807, 2.05) is 5.57 Å². The number of carbonyl (C=O) groups excluding carboxylic acids is 1. The zero-order valence-electron chi connectivity index (χ0n) is 14.0. The number of hydrogen-bond donors (Lipinski definition) is 0. The third-order valence-corrected chi connectivity index (χ3v) is 8.08. The van der Waals surface area contributed by atoms with Crippen LogP contribution in [0.1, 0.15) is 78.6 Å². The molecule has 0 aromatic heterocycles. The van der Waals surface area contributed by atoms with Crippen molar-refractivity contribution < 1.29 is 4.79 Å². The highest BCUT2D eigenvalue weighted by atomic mass is 16.1. The summed E-state index contributed by atoms with van der Waals surface area (Å²) >= 11 is 0. The van der Waals surface area contributed by atoms with Gasteiger partial charge in [-0.2, -0.15) is 0 Å². The van der Waals surface area contributed by atoms with Crippen LogP contribution in [-0.2, 0) is 4.79 Å². The van der Waals surface area contributed by atoms with Gasteiger partial charge < -0.3 is 0 Å². The molecule has 0 aliphatic heterocycles. The van der Waals surface area contributed by atoms with E-state index >= 15 is 0 Å². The molecule has 1 nitrogen and oxygen atoms in total. The van der Waals surface area contributed by atoms with Crippen molar-refractivity contribution >= 4 is 5.78 Å². The molecule has 0 spiro atoms. The molecule has 116 valence electrons. The average Bonchev–Trinajstić information content (AvgIpc) is 2.75. The summed E-state index contributed by atoms with van der Waals surface area (Å²) in [5.41, 5.74) is 4.02. The summed E-state index contributed by atoms with van der Waals surface area (Å²) in [5.74, 6) is 2.91. The summed E-state index contributed by atoms with van der Waals surface area (Å²) in [4.78, 5) is 12.4. The second-order valence-electron chi connectivity index (χ2n) is 8.88. The topological polar surface area (TPSA) is 17.1 Å². The molecule has 0 saturated heterocycles. The molecule has 0 aromatic carbocycles. The van der Waals surface area contributed by atoms with Crippen LogP contribution in [0, 0.1) is 28.6 Å². The third kappa shape index (κ3) is 1.72. The van der Waals surface area contributed by atoms with E-state index in [4.69, 9.17) is 0 Å². The fraction of sp³-hybridized carbons (Fsp3) is 0.850.